The van der Waals surface area contributed by atoms with E-state index in [1.807, 2.05) is 0 Å². The van der Waals surface area contributed by atoms with Gasteiger partial charge in [-0.1, -0.05) is 23.5 Å². The number of benzene rings is 1. The van der Waals surface area contributed by atoms with Gasteiger partial charge in [-0.05, 0) is 18.2 Å². The first kappa shape index (κ1) is 15.6. The molecule has 1 aromatic heterocycles. The van der Waals surface area contributed by atoms with Gasteiger partial charge < -0.3 is 10.5 Å². The van der Waals surface area contributed by atoms with Crippen molar-refractivity contribution < 1.29 is 23.6 Å². The molecule has 1 heterocycles. The number of carbonyl (C=O) groups is 2. The van der Waals surface area contributed by atoms with Crippen LogP contribution in [0.3, 0.4) is 0 Å². The fourth-order valence-electron chi connectivity index (χ4n) is 1.63. The van der Waals surface area contributed by atoms with Crippen molar-refractivity contribution in [1.82, 2.24) is 0 Å². The van der Waals surface area contributed by atoms with Crippen LogP contribution in [0.5, 0.6) is 0 Å². The number of rotatable bonds is 5. The Balaban J connectivity index is 2.20. The molecule has 22 heavy (non-hydrogen) atoms. The summed E-state index contributed by atoms with van der Waals surface area (Å²) in [6.07, 6.45) is -1.41. The largest absolute Gasteiger partial charge is 0.443 e. The minimum absolute atomic E-state index is 0.0416. The Kier molecular flexibility index (Phi) is 4.47. The van der Waals surface area contributed by atoms with Crippen LogP contribution in [0.1, 0.15) is 21.3 Å². The summed E-state index contributed by atoms with van der Waals surface area (Å²) >= 11 is 0.615. The molecule has 2 rings (SSSR count). The number of thiophene rings is 1. The lowest BCUT2D eigenvalue weighted by Gasteiger charge is -2.14. The van der Waals surface area contributed by atoms with Gasteiger partial charge in [-0.3, -0.25) is 14.9 Å². The van der Waals surface area contributed by atoms with Crippen LogP contribution in [0.15, 0.2) is 36.4 Å². The molecule has 0 saturated carbocycles. The maximum atomic E-state index is 12.9. The third kappa shape index (κ3) is 3.44. The SMILES string of the molecule is NC(=O)C(OC(=O)c1ccc([N+](=O)[O-])s1)c1ccc(F)cc1. The number of halogens is 1. The van der Waals surface area contributed by atoms with Gasteiger partial charge in [0.05, 0.1) is 4.92 Å². The van der Waals surface area contributed by atoms with E-state index < -0.39 is 28.7 Å². The fraction of sp³-hybridized carbons (Fsp3) is 0.0769. The predicted octanol–water partition coefficient (Wildman–Crippen LogP) is 2.18. The van der Waals surface area contributed by atoms with Gasteiger partial charge in [0.1, 0.15) is 10.7 Å². The number of primary amides is 1. The van der Waals surface area contributed by atoms with E-state index in [2.05, 4.69) is 0 Å². The van der Waals surface area contributed by atoms with Crippen molar-refractivity contribution >= 4 is 28.2 Å². The summed E-state index contributed by atoms with van der Waals surface area (Å²) in [6, 6.07) is 7.07. The number of hydrogen-bond donors (Lipinski definition) is 1. The van der Waals surface area contributed by atoms with Crippen molar-refractivity contribution in [3.8, 4) is 0 Å². The monoisotopic (exact) mass is 324 g/mol. The molecule has 0 saturated heterocycles. The average molecular weight is 324 g/mol. The number of nitrogens with zero attached hydrogens (tertiary/aromatic N) is 1. The van der Waals surface area contributed by atoms with Gasteiger partial charge in [0.2, 0.25) is 6.10 Å². The van der Waals surface area contributed by atoms with Gasteiger partial charge in [0.25, 0.3) is 5.91 Å². The molecule has 1 aromatic carbocycles. The van der Waals surface area contributed by atoms with E-state index >= 15 is 0 Å². The highest BCUT2D eigenvalue weighted by Crippen LogP contribution is 2.27. The zero-order chi connectivity index (χ0) is 16.3. The smallest absolute Gasteiger partial charge is 0.349 e. The molecule has 0 spiro atoms. The standard InChI is InChI=1S/C13H9FN2O5S/c14-8-3-1-7(2-4-8)11(12(15)17)21-13(18)9-5-6-10(22-9)16(19)20/h1-6,11H,(H2,15,17). The highest BCUT2D eigenvalue weighted by atomic mass is 32.1. The number of amides is 1. The van der Waals surface area contributed by atoms with Gasteiger partial charge in [0.15, 0.2) is 0 Å². The third-order valence-corrected chi connectivity index (χ3v) is 3.65. The molecule has 7 nitrogen and oxygen atoms in total. The Morgan fingerprint density at radius 3 is 2.36 bits per heavy atom. The third-order valence-electron chi connectivity index (χ3n) is 2.63. The molecule has 0 bridgehead atoms. The number of esters is 1. The van der Waals surface area contributed by atoms with Gasteiger partial charge in [-0.2, -0.15) is 0 Å². The summed E-state index contributed by atoms with van der Waals surface area (Å²) in [5.74, 6) is -2.38. The van der Waals surface area contributed by atoms with Crippen molar-refractivity contribution in [3.63, 3.8) is 0 Å². The molecule has 2 aromatic rings. The first-order chi connectivity index (χ1) is 10.4. The number of ether oxygens (including phenoxy) is 1. The van der Waals surface area contributed by atoms with E-state index in [1.165, 1.54) is 18.2 Å². The van der Waals surface area contributed by atoms with Crippen LogP contribution >= 0.6 is 11.3 Å². The van der Waals surface area contributed by atoms with Gasteiger partial charge >= 0.3 is 11.0 Å². The second-order valence-corrected chi connectivity index (χ2v) is 5.20. The van der Waals surface area contributed by atoms with E-state index in [1.54, 1.807) is 0 Å². The Labute approximate surface area is 127 Å². The van der Waals surface area contributed by atoms with Gasteiger partial charge in [-0.25, -0.2) is 9.18 Å². The van der Waals surface area contributed by atoms with Crippen molar-refractivity contribution in [3.05, 3.63) is 62.8 Å². The Morgan fingerprint density at radius 2 is 1.86 bits per heavy atom. The molecular weight excluding hydrogens is 315 g/mol. The Hall–Kier alpha value is -2.81. The molecule has 0 aliphatic carbocycles. The van der Waals surface area contributed by atoms with Crippen LogP contribution in [0.25, 0.3) is 0 Å². The quantitative estimate of drug-likeness (QED) is 0.514. The van der Waals surface area contributed by atoms with E-state index in [9.17, 15) is 24.1 Å². The molecule has 0 radical (unpaired) electrons. The van der Waals surface area contributed by atoms with E-state index in [4.69, 9.17) is 10.5 Å². The second-order valence-electron chi connectivity index (χ2n) is 4.13. The van der Waals surface area contributed by atoms with Crippen LogP contribution in [-0.2, 0) is 9.53 Å². The Bertz CT molecular complexity index is 728. The van der Waals surface area contributed by atoms with Crippen LogP contribution < -0.4 is 5.73 Å². The van der Waals surface area contributed by atoms with Gasteiger partial charge in [-0.15, -0.1) is 0 Å². The van der Waals surface area contributed by atoms with Crippen LogP contribution in [-0.4, -0.2) is 16.8 Å². The summed E-state index contributed by atoms with van der Waals surface area (Å²) in [6.45, 7) is 0. The Morgan fingerprint density at radius 1 is 1.23 bits per heavy atom. The summed E-state index contributed by atoms with van der Waals surface area (Å²) in [7, 11) is 0. The molecular formula is C13H9FN2O5S. The van der Waals surface area contributed by atoms with Crippen molar-refractivity contribution in [1.29, 1.82) is 0 Å². The molecule has 1 unspecified atom stereocenters. The van der Waals surface area contributed by atoms with Crippen LogP contribution in [0.4, 0.5) is 9.39 Å². The molecule has 2 N–H and O–H groups in total. The fourth-order valence-corrected chi connectivity index (χ4v) is 2.33. The first-order valence-electron chi connectivity index (χ1n) is 5.88. The normalized spacial score (nSPS) is 11.7. The molecule has 0 aliphatic rings. The highest BCUT2D eigenvalue weighted by Gasteiger charge is 2.25. The van der Waals surface area contributed by atoms with E-state index in [0.717, 1.165) is 18.2 Å². The van der Waals surface area contributed by atoms with Crippen molar-refractivity contribution in [2.75, 3.05) is 0 Å². The summed E-state index contributed by atoms with van der Waals surface area (Å²) in [5.41, 5.74) is 5.37. The minimum atomic E-state index is -1.41. The number of hydrogen-bond acceptors (Lipinski definition) is 6. The molecule has 9 heteroatoms. The summed E-state index contributed by atoms with van der Waals surface area (Å²) in [4.78, 5) is 33.2. The lowest BCUT2D eigenvalue weighted by molar-refractivity contribution is -0.380. The average Bonchev–Trinajstić information content (AvgIpc) is 2.95. The lowest BCUT2D eigenvalue weighted by Crippen LogP contribution is -2.26. The van der Waals surface area contributed by atoms with Crippen molar-refractivity contribution in [2.45, 2.75) is 6.10 Å². The topological polar surface area (TPSA) is 113 Å². The van der Waals surface area contributed by atoms with Crippen molar-refractivity contribution in [2.24, 2.45) is 5.73 Å². The first-order valence-corrected chi connectivity index (χ1v) is 6.70. The number of carbonyl (C=O) groups excluding carboxylic acids is 2. The molecule has 1 amide bonds. The highest BCUT2D eigenvalue weighted by molar-refractivity contribution is 7.17. The van der Waals surface area contributed by atoms with E-state index in [0.29, 0.717) is 11.3 Å². The number of nitrogens with two attached hydrogens (primary N) is 1. The summed E-state index contributed by atoms with van der Waals surface area (Å²) in [5, 5.41) is 10.3. The van der Waals surface area contributed by atoms with Gasteiger partial charge in [0, 0.05) is 11.6 Å². The zero-order valence-electron chi connectivity index (χ0n) is 10.9. The second kappa shape index (κ2) is 6.31. The maximum Gasteiger partial charge on any atom is 0.349 e. The molecule has 0 aliphatic heterocycles. The minimum Gasteiger partial charge on any atom is -0.443 e. The van der Waals surface area contributed by atoms with E-state index in [-0.39, 0.29) is 15.4 Å². The molecule has 0 fully saturated rings. The summed E-state index contributed by atoms with van der Waals surface area (Å²) < 4.78 is 17.8. The van der Waals surface area contributed by atoms with Crippen LogP contribution in [0, 0.1) is 15.9 Å². The molecule has 114 valence electrons. The van der Waals surface area contributed by atoms with Crippen LogP contribution in [0.2, 0.25) is 0 Å². The predicted molar refractivity (Wildman–Crippen MR) is 74.7 cm³/mol. The lowest BCUT2D eigenvalue weighted by atomic mass is 10.1. The molecule has 1 atom stereocenters. The zero-order valence-corrected chi connectivity index (χ0v) is 11.7. The maximum absolute atomic E-state index is 12.9. The number of nitro groups is 1.